The molecule has 1 unspecified atom stereocenters. The second kappa shape index (κ2) is 7.25. The third-order valence-electron chi connectivity index (χ3n) is 5.31. The second-order valence-electron chi connectivity index (χ2n) is 6.92. The van der Waals surface area contributed by atoms with Crippen molar-refractivity contribution in [1.82, 2.24) is 9.55 Å². The number of benzene rings is 1. The Morgan fingerprint density at radius 2 is 1.92 bits per heavy atom. The highest BCUT2D eigenvalue weighted by Crippen LogP contribution is 2.38. The van der Waals surface area contributed by atoms with E-state index in [-0.39, 0.29) is 11.7 Å². The van der Waals surface area contributed by atoms with Crippen LogP contribution in [0.5, 0.6) is 0 Å². The average molecular weight is 364 g/mol. The van der Waals surface area contributed by atoms with E-state index in [1.54, 1.807) is 6.20 Å². The smallest absolute Gasteiger partial charge is 0.334 e. The molecule has 6 heteroatoms. The van der Waals surface area contributed by atoms with Crippen LogP contribution in [0.4, 0.5) is 13.2 Å². The molecule has 0 radical (unpaired) electrons. The first-order valence-electron chi connectivity index (χ1n) is 9.06. The number of hydrogen-bond acceptors (Lipinski definition) is 2. The van der Waals surface area contributed by atoms with E-state index in [1.807, 2.05) is 24.6 Å². The molecule has 0 saturated heterocycles. The van der Waals surface area contributed by atoms with Gasteiger partial charge in [-0.05, 0) is 56.2 Å². The van der Waals surface area contributed by atoms with Gasteiger partial charge in [-0.15, -0.1) is 0 Å². The molecule has 1 heterocycles. The maximum atomic E-state index is 13.3. The predicted molar refractivity (Wildman–Crippen MR) is 93.2 cm³/mol. The SMILES string of the molecule is CCC(Cn1ccnc1C)C(=O)c1ccc(C(F)(F)F)c2c1CCCC2. The van der Waals surface area contributed by atoms with Crippen molar-refractivity contribution in [2.75, 3.05) is 0 Å². The minimum Gasteiger partial charge on any atom is -0.334 e. The number of hydrogen-bond donors (Lipinski definition) is 0. The number of fused-ring (bicyclic) bond motifs is 1. The predicted octanol–water partition coefficient (Wildman–Crippen LogP) is 5.00. The number of alkyl halides is 3. The van der Waals surface area contributed by atoms with Crippen molar-refractivity contribution in [3.05, 3.63) is 52.6 Å². The van der Waals surface area contributed by atoms with Gasteiger partial charge < -0.3 is 4.57 Å². The highest BCUT2D eigenvalue weighted by molar-refractivity contribution is 5.99. The summed E-state index contributed by atoms with van der Waals surface area (Å²) in [5, 5.41) is 0. The van der Waals surface area contributed by atoms with Crippen molar-refractivity contribution in [3.8, 4) is 0 Å². The van der Waals surface area contributed by atoms with E-state index in [1.165, 1.54) is 6.07 Å². The van der Waals surface area contributed by atoms with Crippen molar-refractivity contribution in [1.29, 1.82) is 0 Å². The molecule has 3 nitrogen and oxygen atoms in total. The van der Waals surface area contributed by atoms with E-state index in [4.69, 9.17) is 0 Å². The van der Waals surface area contributed by atoms with E-state index in [0.29, 0.717) is 42.5 Å². The number of rotatable bonds is 5. The van der Waals surface area contributed by atoms with Crippen LogP contribution in [0, 0.1) is 12.8 Å². The minimum absolute atomic E-state index is 0.0625. The van der Waals surface area contributed by atoms with Gasteiger partial charge in [-0.1, -0.05) is 13.0 Å². The fourth-order valence-electron chi connectivity index (χ4n) is 3.82. The Hall–Kier alpha value is -2.11. The Kier molecular flexibility index (Phi) is 5.21. The summed E-state index contributed by atoms with van der Waals surface area (Å²) in [5.74, 6) is 0.490. The molecule has 1 aliphatic rings. The van der Waals surface area contributed by atoms with Crippen LogP contribution < -0.4 is 0 Å². The van der Waals surface area contributed by atoms with Crippen molar-refractivity contribution in [3.63, 3.8) is 0 Å². The van der Waals surface area contributed by atoms with Crippen LogP contribution in [0.2, 0.25) is 0 Å². The van der Waals surface area contributed by atoms with Gasteiger partial charge in [0.25, 0.3) is 0 Å². The summed E-state index contributed by atoms with van der Waals surface area (Å²) in [6, 6.07) is 2.48. The molecule has 0 aliphatic heterocycles. The van der Waals surface area contributed by atoms with E-state index < -0.39 is 11.7 Å². The Bertz CT molecular complexity index is 808. The van der Waals surface area contributed by atoms with Crippen LogP contribution >= 0.6 is 0 Å². The van der Waals surface area contributed by atoms with E-state index in [9.17, 15) is 18.0 Å². The average Bonchev–Trinajstić information content (AvgIpc) is 3.02. The number of nitrogens with zero attached hydrogens (tertiary/aromatic N) is 2. The molecule has 1 aromatic heterocycles. The molecule has 0 saturated carbocycles. The fraction of sp³-hybridized carbons (Fsp3) is 0.500. The molecule has 0 N–H and O–H groups in total. The van der Waals surface area contributed by atoms with E-state index in [2.05, 4.69) is 4.98 Å². The Morgan fingerprint density at radius 1 is 1.23 bits per heavy atom. The maximum Gasteiger partial charge on any atom is 0.416 e. The number of ketones is 1. The monoisotopic (exact) mass is 364 g/mol. The molecule has 0 fully saturated rings. The third-order valence-corrected chi connectivity index (χ3v) is 5.31. The molecule has 3 rings (SSSR count). The lowest BCUT2D eigenvalue weighted by Gasteiger charge is -2.25. The number of carbonyl (C=O) groups excluding carboxylic acids is 1. The van der Waals surface area contributed by atoms with Crippen molar-refractivity contribution in [2.45, 2.75) is 58.7 Å². The van der Waals surface area contributed by atoms with Gasteiger partial charge >= 0.3 is 6.18 Å². The molecule has 0 bridgehead atoms. The quantitative estimate of drug-likeness (QED) is 0.700. The van der Waals surface area contributed by atoms with Gasteiger partial charge in [-0.3, -0.25) is 4.79 Å². The first-order chi connectivity index (χ1) is 12.3. The Balaban J connectivity index is 1.97. The van der Waals surface area contributed by atoms with Gasteiger partial charge in [0.1, 0.15) is 5.82 Å². The number of Topliss-reactive ketones (excluding diaryl/α,β-unsaturated/α-hetero) is 1. The normalized spacial score (nSPS) is 15.6. The van der Waals surface area contributed by atoms with Crippen molar-refractivity contribution < 1.29 is 18.0 Å². The van der Waals surface area contributed by atoms with Crippen LogP contribution in [0.15, 0.2) is 24.5 Å². The molecular weight excluding hydrogens is 341 g/mol. The molecular formula is C20H23F3N2O. The third kappa shape index (κ3) is 3.55. The standard InChI is InChI=1S/C20H23F3N2O/c1-3-14(12-25-11-10-24-13(25)2)19(26)17-8-9-18(20(21,22)23)16-7-5-4-6-15(16)17/h8-11,14H,3-7,12H2,1-2H3. The van der Waals surface area contributed by atoms with Crippen LogP contribution in [-0.4, -0.2) is 15.3 Å². The highest BCUT2D eigenvalue weighted by Gasteiger charge is 2.36. The van der Waals surface area contributed by atoms with Crippen molar-refractivity contribution in [2.24, 2.45) is 5.92 Å². The first-order valence-corrected chi connectivity index (χ1v) is 9.06. The minimum atomic E-state index is -4.37. The summed E-state index contributed by atoms with van der Waals surface area (Å²) in [6.07, 6.45) is 2.27. The Morgan fingerprint density at radius 3 is 2.50 bits per heavy atom. The number of aryl methyl sites for hydroxylation is 1. The summed E-state index contributed by atoms with van der Waals surface area (Å²) in [4.78, 5) is 17.3. The summed E-state index contributed by atoms with van der Waals surface area (Å²) in [7, 11) is 0. The molecule has 1 aromatic carbocycles. The summed E-state index contributed by atoms with van der Waals surface area (Å²) in [6.45, 7) is 4.31. The molecule has 1 atom stereocenters. The molecule has 26 heavy (non-hydrogen) atoms. The van der Waals surface area contributed by atoms with Crippen LogP contribution in [0.25, 0.3) is 0 Å². The largest absolute Gasteiger partial charge is 0.416 e. The van der Waals surface area contributed by atoms with Crippen LogP contribution in [0.1, 0.15) is 59.1 Å². The fourth-order valence-corrected chi connectivity index (χ4v) is 3.82. The maximum absolute atomic E-state index is 13.3. The number of aromatic nitrogens is 2. The lowest BCUT2D eigenvalue weighted by atomic mass is 9.81. The molecule has 2 aromatic rings. The van der Waals surface area contributed by atoms with Gasteiger partial charge in [0.2, 0.25) is 0 Å². The number of carbonyl (C=O) groups is 1. The van der Waals surface area contributed by atoms with Crippen molar-refractivity contribution >= 4 is 5.78 Å². The lowest BCUT2D eigenvalue weighted by molar-refractivity contribution is -0.138. The summed E-state index contributed by atoms with van der Waals surface area (Å²) in [5.41, 5.74) is 0.819. The zero-order valence-corrected chi connectivity index (χ0v) is 15.1. The van der Waals surface area contributed by atoms with Gasteiger partial charge in [0.05, 0.1) is 5.56 Å². The molecule has 0 spiro atoms. The van der Waals surface area contributed by atoms with Gasteiger partial charge in [-0.2, -0.15) is 13.2 Å². The zero-order chi connectivity index (χ0) is 18.9. The van der Waals surface area contributed by atoms with E-state index in [0.717, 1.165) is 24.7 Å². The molecule has 0 amide bonds. The Labute approximate surface area is 151 Å². The zero-order valence-electron chi connectivity index (χ0n) is 15.1. The van der Waals surface area contributed by atoms with E-state index >= 15 is 0 Å². The summed E-state index contributed by atoms with van der Waals surface area (Å²) >= 11 is 0. The molecule has 140 valence electrons. The van der Waals surface area contributed by atoms with Crippen LogP contribution in [-0.2, 0) is 25.6 Å². The second-order valence-corrected chi connectivity index (χ2v) is 6.92. The lowest BCUT2D eigenvalue weighted by Crippen LogP contribution is -2.24. The first kappa shape index (κ1) is 18.7. The van der Waals surface area contributed by atoms with Gasteiger partial charge in [0.15, 0.2) is 5.78 Å². The van der Waals surface area contributed by atoms with Gasteiger partial charge in [-0.25, -0.2) is 4.98 Å². The number of imidazole rings is 1. The summed E-state index contributed by atoms with van der Waals surface area (Å²) < 4.78 is 41.9. The molecule has 1 aliphatic carbocycles. The number of halogens is 3. The van der Waals surface area contributed by atoms with Crippen LogP contribution in [0.3, 0.4) is 0 Å². The highest BCUT2D eigenvalue weighted by atomic mass is 19.4. The van der Waals surface area contributed by atoms with Gasteiger partial charge in [0, 0.05) is 30.4 Å². The topological polar surface area (TPSA) is 34.9 Å².